The van der Waals surface area contributed by atoms with E-state index in [2.05, 4.69) is 10.1 Å². The van der Waals surface area contributed by atoms with Crippen LogP contribution >= 0.6 is 0 Å². The van der Waals surface area contributed by atoms with Crippen LogP contribution in [-0.2, 0) is 6.54 Å². The first-order valence-corrected chi connectivity index (χ1v) is 8.96. The first-order valence-electron chi connectivity index (χ1n) is 8.96. The highest BCUT2D eigenvalue weighted by Gasteiger charge is 2.18. The lowest BCUT2D eigenvalue weighted by Crippen LogP contribution is -2.40. The maximum Gasteiger partial charge on any atom is 0.351 e. The molecule has 2 N–H and O–H groups in total. The maximum absolute atomic E-state index is 14.2. The molecule has 0 saturated carbocycles. The van der Waals surface area contributed by atoms with Crippen molar-refractivity contribution < 1.29 is 8.78 Å². The fraction of sp³-hybridized carbons (Fsp3) is 0.421. The maximum atomic E-state index is 14.2. The third-order valence-electron chi connectivity index (χ3n) is 4.03. The molecular weight excluding hydrogens is 352 g/mol. The first-order chi connectivity index (χ1) is 12.8. The van der Waals surface area contributed by atoms with Crippen molar-refractivity contribution in [2.24, 2.45) is 0 Å². The van der Waals surface area contributed by atoms with Crippen molar-refractivity contribution in [3.05, 3.63) is 44.7 Å². The van der Waals surface area contributed by atoms with E-state index in [1.807, 2.05) is 26.0 Å². The van der Waals surface area contributed by atoms with E-state index in [0.717, 1.165) is 10.8 Å². The molecule has 2 rings (SSSR count). The Bertz CT molecular complexity index is 1060. The zero-order valence-electron chi connectivity index (χ0n) is 16.0. The molecule has 1 unspecified atom stereocenters. The number of allylic oxidation sites excluding steroid dienone is 4. The quantitative estimate of drug-likeness (QED) is 0.781. The minimum Gasteiger partial charge on any atom is -0.381 e. The first kappa shape index (κ1) is 20.5. The lowest BCUT2D eigenvalue weighted by atomic mass is 10.1. The van der Waals surface area contributed by atoms with Crippen molar-refractivity contribution in [2.75, 3.05) is 5.73 Å². The normalized spacial score (nSPS) is 15.8. The molecule has 6 nitrogen and oxygen atoms in total. The van der Waals surface area contributed by atoms with Gasteiger partial charge in [-0.15, -0.1) is 5.10 Å². The average Bonchev–Trinajstić information content (AvgIpc) is 2.93. The number of halogens is 2. The summed E-state index contributed by atoms with van der Waals surface area (Å²) in [6, 6.07) is 0. The predicted molar refractivity (Wildman–Crippen MR) is 104 cm³/mol. The van der Waals surface area contributed by atoms with Gasteiger partial charge >= 0.3 is 5.69 Å². The third kappa shape index (κ3) is 4.15. The van der Waals surface area contributed by atoms with Crippen molar-refractivity contribution in [3.8, 4) is 0 Å². The van der Waals surface area contributed by atoms with Crippen molar-refractivity contribution in [3.63, 3.8) is 0 Å². The minimum atomic E-state index is -1.57. The SMILES string of the molecule is C/C=C\C(F)=C(\Cn1nc2c(N)nc(=C/CC)/c(=C\CC)n2c1=O)C(C)F. The molecule has 2 aromatic rings. The van der Waals surface area contributed by atoms with Gasteiger partial charge in [0.15, 0.2) is 5.82 Å². The summed E-state index contributed by atoms with van der Waals surface area (Å²) >= 11 is 0. The molecule has 8 heteroatoms. The van der Waals surface area contributed by atoms with E-state index in [4.69, 9.17) is 5.73 Å². The molecule has 0 spiro atoms. The van der Waals surface area contributed by atoms with Gasteiger partial charge in [-0.2, -0.15) is 0 Å². The van der Waals surface area contributed by atoms with E-state index >= 15 is 0 Å². The molecule has 27 heavy (non-hydrogen) atoms. The van der Waals surface area contributed by atoms with Gasteiger partial charge in [0.1, 0.15) is 12.0 Å². The average molecular weight is 377 g/mol. The second-order valence-corrected chi connectivity index (χ2v) is 6.08. The number of nitrogens with zero attached hydrogens (tertiary/aromatic N) is 4. The van der Waals surface area contributed by atoms with E-state index in [0.29, 0.717) is 23.5 Å². The van der Waals surface area contributed by atoms with Gasteiger partial charge in [0.05, 0.1) is 17.2 Å². The number of nitrogen functional groups attached to an aromatic ring is 1. The van der Waals surface area contributed by atoms with E-state index in [1.54, 1.807) is 6.92 Å². The van der Waals surface area contributed by atoms with E-state index < -0.39 is 17.7 Å². The molecule has 0 fully saturated rings. The van der Waals surface area contributed by atoms with Crippen LogP contribution in [0.3, 0.4) is 0 Å². The van der Waals surface area contributed by atoms with Crippen LogP contribution < -0.4 is 22.1 Å². The Hall–Kier alpha value is -2.77. The fourth-order valence-electron chi connectivity index (χ4n) is 2.78. The topological polar surface area (TPSA) is 78.2 Å². The minimum absolute atomic E-state index is 0.0894. The van der Waals surface area contributed by atoms with Crippen LogP contribution in [-0.4, -0.2) is 25.3 Å². The zero-order valence-corrected chi connectivity index (χ0v) is 16.0. The smallest absolute Gasteiger partial charge is 0.351 e. The van der Waals surface area contributed by atoms with E-state index in [-0.39, 0.29) is 23.6 Å². The summed E-state index contributed by atoms with van der Waals surface area (Å²) in [6.07, 6.45) is 6.15. The molecular formula is C19H25F2N5O. The summed E-state index contributed by atoms with van der Waals surface area (Å²) in [5.74, 6) is -0.630. The summed E-state index contributed by atoms with van der Waals surface area (Å²) in [4.78, 5) is 17.3. The van der Waals surface area contributed by atoms with Crippen LogP contribution in [0.5, 0.6) is 0 Å². The highest BCUT2D eigenvalue weighted by molar-refractivity contribution is 5.59. The second-order valence-electron chi connectivity index (χ2n) is 6.08. The van der Waals surface area contributed by atoms with Crippen LogP contribution in [0.1, 0.15) is 40.5 Å². The van der Waals surface area contributed by atoms with Gasteiger partial charge in [0.25, 0.3) is 0 Å². The Labute approximate surface area is 156 Å². The van der Waals surface area contributed by atoms with Gasteiger partial charge < -0.3 is 5.73 Å². The molecule has 0 amide bonds. The van der Waals surface area contributed by atoms with E-state index in [1.165, 1.54) is 17.4 Å². The van der Waals surface area contributed by atoms with Gasteiger partial charge in [0, 0.05) is 5.57 Å². The number of rotatable bonds is 6. The summed E-state index contributed by atoms with van der Waals surface area (Å²) in [6.45, 7) is 6.42. The predicted octanol–water partition coefficient (Wildman–Crippen LogP) is 2.01. The molecule has 0 aliphatic carbocycles. The standard InChI is InChI=1S/C19H25F2N5O/c1-5-8-14(21)13(12(4)20)11-25-19(27)26-16(10-7-3)15(9-6-2)23-17(22)18(26)24-25/h5,8-10,12H,6-7,11H2,1-4H3,(H2,22,23)/b8-5-,14-13+,15-9+,16-10+. The zero-order chi connectivity index (χ0) is 20.1. The highest BCUT2D eigenvalue weighted by atomic mass is 19.1. The third-order valence-corrected chi connectivity index (χ3v) is 4.03. The number of hydrogen-bond acceptors (Lipinski definition) is 4. The molecule has 1 atom stereocenters. The Morgan fingerprint density at radius 2 is 1.96 bits per heavy atom. The van der Waals surface area contributed by atoms with Crippen LogP contribution in [0.4, 0.5) is 14.6 Å². The molecule has 2 heterocycles. The Kier molecular flexibility index (Phi) is 6.65. The van der Waals surface area contributed by atoms with Crippen LogP contribution in [0.2, 0.25) is 0 Å². The lowest BCUT2D eigenvalue weighted by Gasteiger charge is -2.08. The lowest BCUT2D eigenvalue weighted by molar-refractivity contribution is 0.380. The number of nitrogens with two attached hydrogens (primary N) is 1. The summed E-state index contributed by atoms with van der Waals surface area (Å²) in [7, 11) is 0. The van der Waals surface area contributed by atoms with Crippen molar-refractivity contribution in [1.82, 2.24) is 19.2 Å². The van der Waals surface area contributed by atoms with Gasteiger partial charge in [-0.1, -0.05) is 32.1 Å². The summed E-state index contributed by atoms with van der Waals surface area (Å²) < 4.78 is 30.5. The number of aromatic nitrogens is 4. The molecule has 0 bridgehead atoms. The summed E-state index contributed by atoms with van der Waals surface area (Å²) in [5.41, 5.74) is 5.47. The Morgan fingerprint density at radius 3 is 2.52 bits per heavy atom. The molecule has 0 radical (unpaired) electrons. The summed E-state index contributed by atoms with van der Waals surface area (Å²) in [5, 5.41) is 5.34. The molecule has 0 aliphatic heterocycles. The Balaban J connectivity index is 2.81. The second kappa shape index (κ2) is 8.75. The van der Waals surface area contributed by atoms with Crippen molar-refractivity contribution in [1.29, 1.82) is 0 Å². The Morgan fingerprint density at radius 1 is 1.30 bits per heavy atom. The van der Waals surface area contributed by atoms with E-state index in [9.17, 15) is 13.6 Å². The number of alkyl halides is 1. The fourth-order valence-corrected chi connectivity index (χ4v) is 2.78. The number of fused-ring (bicyclic) bond motifs is 1. The van der Waals surface area contributed by atoms with Gasteiger partial charge in [-0.25, -0.2) is 27.6 Å². The van der Waals surface area contributed by atoms with Gasteiger partial charge in [0.2, 0.25) is 5.65 Å². The largest absolute Gasteiger partial charge is 0.381 e. The van der Waals surface area contributed by atoms with Crippen LogP contribution in [0, 0.1) is 0 Å². The highest BCUT2D eigenvalue weighted by Crippen LogP contribution is 2.17. The molecule has 0 aliphatic rings. The molecule has 146 valence electrons. The van der Waals surface area contributed by atoms with Crippen LogP contribution in [0.25, 0.3) is 17.8 Å². The van der Waals surface area contributed by atoms with Gasteiger partial charge in [-0.05, 0) is 32.8 Å². The van der Waals surface area contributed by atoms with Gasteiger partial charge in [-0.3, -0.25) is 0 Å². The van der Waals surface area contributed by atoms with Crippen molar-refractivity contribution in [2.45, 2.75) is 53.3 Å². The number of hydrogen-bond donors (Lipinski definition) is 1. The molecule has 2 aromatic heterocycles. The molecule has 0 aromatic carbocycles. The molecule has 0 saturated heterocycles. The number of anilines is 1. The van der Waals surface area contributed by atoms with Crippen LogP contribution in [0.15, 0.2) is 28.3 Å². The van der Waals surface area contributed by atoms with Crippen molar-refractivity contribution >= 4 is 23.6 Å². The monoisotopic (exact) mass is 377 g/mol.